The molecule has 2 heterocycles. The Morgan fingerprint density at radius 1 is 1.30 bits per heavy atom. The smallest absolute Gasteiger partial charge is 0.134 e. The maximum atomic E-state index is 5.94. The van der Waals surface area contributed by atoms with Gasteiger partial charge in [-0.1, -0.05) is 25.1 Å². The van der Waals surface area contributed by atoms with Crippen LogP contribution in [0.25, 0.3) is 11.0 Å². The molecule has 1 unspecified atom stereocenters. The predicted molar refractivity (Wildman–Crippen MR) is 90.9 cm³/mol. The number of hydrogen-bond donors (Lipinski definition) is 1. The molecule has 4 heteroatoms. The molecule has 1 saturated heterocycles. The molecule has 108 valence electrons. The van der Waals surface area contributed by atoms with Crippen molar-refractivity contribution in [2.24, 2.45) is 0 Å². The van der Waals surface area contributed by atoms with Crippen LogP contribution in [-0.2, 0) is 13.0 Å². The van der Waals surface area contributed by atoms with Crippen molar-refractivity contribution in [2.75, 3.05) is 23.8 Å². The average molecular weight is 307 g/mol. The van der Waals surface area contributed by atoms with Gasteiger partial charge < -0.3 is 9.73 Å². The summed E-state index contributed by atoms with van der Waals surface area (Å²) >= 11 is 4.19. The number of aryl methyl sites for hydroxylation is 1. The molecule has 2 nitrogen and oxygen atoms in total. The lowest BCUT2D eigenvalue weighted by molar-refractivity contribution is 0.544. The van der Waals surface area contributed by atoms with Crippen molar-refractivity contribution in [3.63, 3.8) is 0 Å². The summed E-state index contributed by atoms with van der Waals surface area (Å²) in [6.45, 7) is 4.18. The van der Waals surface area contributed by atoms with Crippen LogP contribution in [0.1, 0.15) is 18.2 Å². The first kappa shape index (κ1) is 14.4. The van der Waals surface area contributed by atoms with E-state index < -0.39 is 0 Å². The van der Waals surface area contributed by atoms with Crippen LogP contribution < -0.4 is 5.32 Å². The van der Waals surface area contributed by atoms with Crippen LogP contribution >= 0.6 is 23.5 Å². The van der Waals surface area contributed by atoms with E-state index in [4.69, 9.17) is 4.42 Å². The SMILES string of the molecule is CCc1oc2ccccc2c1CNCC1CSCCS1. The first-order valence-corrected chi connectivity index (χ1v) is 9.48. The van der Waals surface area contributed by atoms with Gasteiger partial charge in [0.05, 0.1) is 0 Å². The van der Waals surface area contributed by atoms with Crippen LogP contribution in [0.3, 0.4) is 0 Å². The molecule has 1 aliphatic rings. The van der Waals surface area contributed by atoms with Gasteiger partial charge in [-0.3, -0.25) is 0 Å². The Bertz CT molecular complexity index is 561. The van der Waals surface area contributed by atoms with E-state index in [2.05, 4.69) is 54.0 Å². The molecule has 3 rings (SSSR count). The third-order valence-electron chi connectivity index (χ3n) is 3.66. The van der Waals surface area contributed by atoms with Gasteiger partial charge in [0.25, 0.3) is 0 Å². The van der Waals surface area contributed by atoms with E-state index in [0.717, 1.165) is 36.1 Å². The lowest BCUT2D eigenvalue weighted by atomic mass is 10.1. The second-order valence-electron chi connectivity index (χ2n) is 5.05. The molecule has 0 radical (unpaired) electrons. The summed E-state index contributed by atoms with van der Waals surface area (Å²) in [7, 11) is 0. The summed E-state index contributed by atoms with van der Waals surface area (Å²) in [5.41, 5.74) is 2.36. The van der Waals surface area contributed by atoms with Gasteiger partial charge in [-0.2, -0.15) is 23.5 Å². The molecule has 2 aromatic rings. The topological polar surface area (TPSA) is 25.2 Å². The van der Waals surface area contributed by atoms with Crippen molar-refractivity contribution in [3.8, 4) is 0 Å². The Balaban J connectivity index is 1.66. The highest BCUT2D eigenvalue weighted by atomic mass is 32.2. The molecule has 1 fully saturated rings. The quantitative estimate of drug-likeness (QED) is 0.905. The van der Waals surface area contributed by atoms with E-state index in [0.29, 0.717) is 0 Å². The summed E-state index contributed by atoms with van der Waals surface area (Å²) in [5, 5.41) is 5.66. The van der Waals surface area contributed by atoms with Crippen LogP contribution in [-0.4, -0.2) is 29.1 Å². The van der Waals surface area contributed by atoms with E-state index in [1.54, 1.807) is 0 Å². The van der Waals surface area contributed by atoms with E-state index >= 15 is 0 Å². The normalized spacial score (nSPS) is 19.6. The fourth-order valence-corrected chi connectivity index (χ4v) is 5.29. The minimum absolute atomic E-state index is 0.761. The minimum atomic E-state index is 0.761. The minimum Gasteiger partial charge on any atom is -0.461 e. The number of nitrogens with one attached hydrogen (secondary N) is 1. The van der Waals surface area contributed by atoms with Crippen LogP contribution in [0, 0.1) is 0 Å². The fourth-order valence-electron chi connectivity index (χ4n) is 2.64. The molecule has 20 heavy (non-hydrogen) atoms. The van der Waals surface area contributed by atoms with Crippen molar-refractivity contribution in [2.45, 2.75) is 25.1 Å². The average Bonchev–Trinajstić information content (AvgIpc) is 2.87. The highest BCUT2D eigenvalue weighted by molar-refractivity contribution is 8.06. The van der Waals surface area contributed by atoms with Gasteiger partial charge in [0.2, 0.25) is 0 Å². The molecule has 0 amide bonds. The standard InChI is InChI=1S/C16H21NOS2/c1-2-15-14(13-5-3-4-6-16(13)18-15)10-17-9-12-11-19-7-8-20-12/h3-6,12,17H,2,7-11H2,1H3. The molecular formula is C16H21NOS2. The Hall–Kier alpha value is -0.580. The first-order valence-electron chi connectivity index (χ1n) is 7.28. The molecule has 1 aromatic carbocycles. The van der Waals surface area contributed by atoms with E-state index in [-0.39, 0.29) is 0 Å². The molecule has 1 N–H and O–H groups in total. The van der Waals surface area contributed by atoms with Gasteiger partial charge in [-0.25, -0.2) is 0 Å². The molecule has 1 atom stereocenters. The molecule has 0 spiro atoms. The summed E-state index contributed by atoms with van der Waals surface area (Å²) < 4.78 is 5.94. The molecule has 0 saturated carbocycles. The second kappa shape index (κ2) is 6.92. The lowest BCUT2D eigenvalue weighted by Crippen LogP contribution is -2.28. The van der Waals surface area contributed by atoms with Gasteiger partial charge in [-0.15, -0.1) is 0 Å². The van der Waals surface area contributed by atoms with Crippen molar-refractivity contribution < 1.29 is 4.42 Å². The van der Waals surface area contributed by atoms with Crippen molar-refractivity contribution >= 4 is 34.5 Å². The number of hydrogen-bond acceptors (Lipinski definition) is 4. The largest absolute Gasteiger partial charge is 0.461 e. The number of rotatable bonds is 5. The fraction of sp³-hybridized carbons (Fsp3) is 0.500. The zero-order valence-corrected chi connectivity index (χ0v) is 13.5. The van der Waals surface area contributed by atoms with E-state index in [1.165, 1.54) is 28.2 Å². The molecule has 0 aliphatic carbocycles. The number of para-hydroxylation sites is 1. The number of benzene rings is 1. The van der Waals surface area contributed by atoms with Crippen LogP contribution in [0.15, 0.2) is 28.7 Å². The van der Waals surface area contributed by atoms with Crippen LogP contribution in [0.5, 0.6) is 0 Å². The van der Waals surface area contributed by atoms with Gasteiger partial charge in [0.15, 0.2) is 0 Å². The van der Waals surface area contributed by atoms with Crippen molar-refractivity contribution in [3.05, 3.63) is 35.6 Å². The Kier molecular flexibility index (Phi) is 4.97. The Morgan fingerprint density at radius 3 is 3.00 bits per heavy atom. The summed E-state index contributed by atoms with van der Waals surface area (Å²) in [6.07, 6.45) is 0.958. The summed E-state index contributed by atoms with van der Waals surface area (Å²) in [4.78, 5) is 0. The van der Waals surface area contributed by atoms with Crippen molar-refractivity contribution in [1.82, 2.24) is 5.32 Å². The lowest BCUT2D eigenvalue weighted by Gasteiger charge is -2.21. The first-order chi connectivity index (χ1) is 9.88. The van der Waals surface area contributed by atoms with Gasteiger partial charge >= 0.3 is 0 Å². The summed E-state index contributed by atoms with van der Waals surface area (Å²) in [6, 6.07) is 8.36. The van der Waals surface area contributed by atoms with E-state index in [9.17, 15) is 0 Å². The summed E-state index contributed by atoms with van der Waals surface area (Å²) in [5.74, 6) is 5.02. The maximum Gasteiger partial charge on any atom is 0.134 e. The zero-order chi connectivity index (χ0) is 13.8. The third-order valence-corrected chi connectivity index (χ3v) is 6.51. The van der Waals surface area contributed by atoms with Crippen molar-refractivity contribution in [1.29, 1.82) is 0 Å². The van der Waals surface area contributed by atoms with Gasteiger partial charge in [0.1, 0.15) is 11.3 Å². The maximum absolute atomic E-state index is 5.94. The Labute approximate surface area is 129 Å². The van der Waals surface area contributed by atoms with E-state index in [1.807, 2.05) is 6.07 Å². The third kappa shape index (κ3) is 3.18. The monoisotopic (exact) mass is 307 g/mol. The van der Waals surface area contributed by atoms with Crippen LogP contribution in [0.4, 0.5) is 0 Å². The van der Waals surface area contributed by atoms with Crippen LogP contribution in [0.2, 0.25) is 0 Å². The zero-order valence-electron chi connectivity index (χ0n) is 11.9. The number of furan rings is 1. The molecule has 0 bridgehead atoms. The second-order valence-corrected chi connectivity index (χ2v) is 7.61. The molecule has 1 aromatic heterocycles. The predicted octanol–water partition coefficient (Wildman–Crippen LogP) is 3.93. The Morgan fingerprint density at radius 2 is 2.20 bits per heavy atom. The number of thioether (sulfide) groups is 2. The van der Waals surface area contributed by atoms with Gasteiger partial charge in [0, 0.05) is 53.0 Å². The molecule has 1 aliphatic heterocycles. The van der Waals surface area contributed by atoms with Gasteiger partial charge in [-0.05, 0) is 6.07 Å². The highest BCUT2D eigenvalue weighted by Crippen LogP contribution is 2.27. The number of fused-ring (bicyclic) bond motifs is 1. The highest BCUT2D eigenvalue weighted by Gasteiger charge is 2.15. The molecular weight excluding hydrogens is 286 g/mol.